The maximum atomic E-state index is 11.3. The van der Waals surface area contributed by atoms with Crippen LogP contribution in [0.1, 0.15) is 66.2 Å². The van der Waals surface area contributed by atoms with E-state index in [1.54, 1.807) is 6.92 Å². The molecule has 0 aromatic rings. The number of rotatable bonds is 2. The molecule has 23 heavy (non-hydrogen) atoms. The monoisotopic (exact) mass is 318 g/mol. The zero-order valence-corrected chi connectivity index (χ0v) is 14.9. The highest BCUT2D eigenvalue weighted by molar-refractivity contribution is 5.73. The fraction of sp³-hybridized carbons (Fsp3) is 0.650. The summed E-state index contributed by atoms with van der Waals surface area (Å²) in [5.74, 6) is -1.16. The Bertz CT molecular complexity index is 541. The number of hydrogen-bond donors (Lipinski definition) is 1. The summed E-state index contributed by atoms with van der Waals surface area (Å²) < 4.78 is 5.91. The first kappa shape index (κ1) is 18.0. The minimum Gasteiger partial charge on any atom is -0.481 e. The molecule has 0 radical (unpaired) electrons. The summed E-state index contributed by atoms with van der Waals surface area (Å²) in [6.45, 7) is 8.27. The lowest BCUT2D eigenvalue weighted by Gasteiger charge is -2.13. The third-order valence-corrected chi connectivity index (χ3v) is 5.29. The van der Waals surface area contributed by atoms with Crippen molar-refractivity contribution >= 4 is 5.97 Å². The Labute approximate surface area is 140 Å². The summed E-state index contributed by atoms with van der Waals surface area (Å²) in [7, 11) is 0. The first-order valence-electron chi connectivity index (χ1n) is 8.74. The highest BCUT2D eigenvalue weighted by Crippen LogP contribution is 2.43. The second kappa shape index (κ2) is 7.48. The van der Waals surface area contributed by atoms with E-state index < -0.39 is 11.9 Å². The number of carboxylic acids is 1. The second-order valence-corrected chi connectivity index (χ2v) is 7.36. The van der Waals surface area contributed by atoms with Gasteiger partial charge >= 0.3 is 5.97 Å². The lowest BCUT2D eigenvalue weighted by atomic mass is 9.92. The van der Waals surface area contributed by atoms with Gasteiger partial charge in [0.2, 0.25) is 0 Å². The molecule has 2 aliphatic rings. The number of hydrogen-bond acceptors (Lipinski definition) is 2. The summed E-state index contributed by atoms with van der Waals surface area (Å²) in [5, 5.41) is 9.31. The molecule has 128 valence electrons. The van der Waals surface area contributed by atoms with Gasteiger partial charge in [-0.1, -0.05) is 34.9 Å². The zero-order chi connectivity index (χ0) is 17.0. The van der Waals surface area contributed by atoms with Crippen LogP contribution in [-0.4, -0.2) is 22.8 Å². The van der Waals surface area contributed by atoms with Crippen molar-refractivity contribution in [3.63, 3.8) is 0 Å². The summed E-state index contributed by atoms with van der Waals surface area (Å²) in [6, 6.07) is 0. The average molecular weight is 318 g/mol. The van der Waals surface area contributed by atoms with Crippen LogP contribution in [0.2, 0.25) is 0 Å². The highest BCUT2D eigenvalue weighted by Gasteiger charge is 2.50. The van der Waals surface area contributed by atoms with E-state index in [1.807, 2.05) is 6.08 Å². The number of carboxylic acid groups (broad SMARTS) is 1. The first-order valence-corrected chi connectivity index (χ1v) is 8.74. The van der Waals surface area contributed by atoms with E-state index in [9.17, 15) is 9.90 Å². The van der Waals surface area contributed by atoms with Crippen LogP contribution in [0.25, 0.3) is 0 Å². The van der Waals surface area contributed by atoms with Crippen molar-refractivity contribution in [3.8, 4) is 0 Å². The molecule has 1 saturated heterocycles. The maximum absolute atomic E-state index is 11.3. The molecule has 0 amide bonds. The fourth-order valence-electron chi connectivity index (χ4n) is 3.22. The van der Waals surface area contributed by atoms with Gasteiger partial charge in [0.25, 0.3) is 0 Å². The van der Waals surface area contributed by atoms with Crippen molar-refractivity contribution in [2.75, 3.05) is 0 Å². The molecular weight excluding hydrogens is 288 g/mol. The predicted octanol–water partition coefficient (Wildman–Crippen LogP) is 5.04. The number of aliphatic carboxylic acids is 1. The highest BCUT2D eigenvalue weighted by atomic mass is 16.6. The van der Waals surface area contributed by atoms with E-state index in [2.05, 4.69) is 32.9 Å². The lowest BCUT2D eigenvalue weighted by Crippen LogP contribution is -2.12. The van der Waals surface area contributed by atoms with Gasteiger partial charge in [-0.2, -0.15) is 0 Å². The molecule has 0 saturated carbocycles. The lowest BCUT2D eigenvalue weighted by molar-refractivity contribution is -0.139. The molecule has 2 rings (SSSR count). The van der Waals surface area contributed by atoms with Gasteiger partial charge in [0.15, 0.2) is 0 Å². The summed E-state index contributed by atoms with van der Waals surface area (Å²) in [4.78, 5) is 11.3. The van der Waals surface area contributed by atoms with Gasteiger partial charge in [0, 0.05) is 0 Å². The molecule has 1 unspecified atom stereocenters. The van der Waals surface area contributed by atoms with Gasteiger partial charge in [-0.15, -0.1) is 0 Å². The normalized spacial score (nSPS) is 37.7. The molecule has 0 bridgehead atoms. The van der Waals surface area contributed by atoms with Crippen LogP contribution in [0.3, 0.4) is 0 Å². The van der Waals surface area contributed by atoms with Crippen LogP contribution >= 0.6 is 0 Å². The Morgan fingerprint density at radius 1 is 1.26 bits per heavy atom. The van der Waals surface area contributed by atoms with Gasteiger partial charge in [-0.05, 0) is 66.2 Å². The Morgan fingerprint density at radius 2 is 2.00 bits per heavy atom. The van der Waals surface area contributed by atoms with Gasteiger partial charge in [-0.3, -0.25) is 4.79 Å². The molecule has 1 fully saturated rings. The standard InChI is InChI=1S/C20H30O3/c1-14-6-5-13-20(4)18(23-20)12-9-15(2)8-11-17(10-7-14)16(3)19(21)22/h6,8,11,16,18H,5,7,9-10,12-13H2,1-4H3,(H,21,22)/b14-6+,15-8+,17-11+/t16?,18-,20-/m0/s1. The number of allylic oxidation sites excluding steroid dienone is 5. The quantitative estimate of drug-likeness (QED) is 0.573. The van der Waals surface area contributed by atoms with E-state index in [1.165, 1.54) is 11.1 Å². The van der Waals surface area contributed by atoms with Crippen molar-refractivity contribution in [2.45, 2.75) is 77.9 Å². The van der Waals surface area contributed by atoms with Crippen LogP contribution in [0.4, 0.5) is 0 Å². The smallest absolute Gasteiger partial charge is 0.310 e. The summed E-state index contributed by atoms with van der Waals surface area (Å²) in [5.41, 5.74) is 3.71. The Morgan fingerprint density at radius 3 is 2.70 bits per heavy atom. The minimum atomic E-state index is -0.743. The summed E-state index contributed by atoms with van der Waals surface area (Å²) >= 11 is 0. The van der Waals surface area contributed by atoms with E-state index in [4.69, 9.17) is 4.74 Å². The van der Waals surface area contributed by atoms with Crippen LogP contribution in [-0.2, 0) is 9.53 Å². The molecular formula is C20H30O3. The number of epoxide rings is 1. The SMILES string of the molecule is C/C1=C\CC[C@]2(C)O[C@H]2CC/C(C)=C/C=C(/C(C)C(=O)O)CC1. The molecule has 0 spiro atoms. The zero-order valence-electron chi connectivity index (χ0n) is 14.9. The second-order valence-electron chi connectivity index (χ2n) is 7.36. The van der Waals surface area contributed by atoms with E-state index in [0.717, 1.165) is 44.1 Å². The molecule has 0 aromatic carbocycles. The molecule has 3 nitrogen and oxygen atoms in total. The van der Waals surface area contributed by atoms with Gasteiger partial charge in [0.1, 0.15) is 0 Å². The summed E-state index contributed by atoms with van der Waals surface area (Å²) in [6.07, 6.45) is 12.7. The van der Waals surface area contributed by atoms with Crippen LogP contribution in [0.5, 0.6) is 0 Å². The number of ether oxygens (including phenoxy) is 1. The van der Waals surface area contributed by atoms with Crippen molar-refractivity contribution < 1.29 is 14.6 Å². The average Bonchev–Trinajstić information content (AvgIpc) is 3.14. The van der Waals surface area contributed by atoms with E-state index in [-0.39, 0.29) is 5.60 Å². The molecule has 1 N–H and O–H groups in total. The van der Waals surface area contributed by atoms with Crippen LogP contribution in [0, 0.1) is 5.92 Å². The Hall–Kier alpha value is -1.35. The minimum absolute atomic E-state index is 0.0694. The van der Waals surface area contributed by atoms with Gasteiger partial charge < -0.3 is 9.84 Å². The maximum Gasteiger partial charge on any atom is 0.310 e. The van der Waals surface area contributed by atoms with Crippen molar-refractivity contribution in [1.29, 1.82) is 0 Å². The molecule has 3 heteroatoms. The van der Waals surface area contributed by atoms with Gasteiger partial charge in [0.05, 0.1) is 17.6 Å². The Balaban J connectivity index is 2.16. The van der Waals surface area contributed by atoms with Gasteiger partial charge in [-0.25, -0.2) is 0 Å². The molecule has 3 atom stereocenters. The molecule has 1 heterocycles. The predicted molar refractivity (Wildman–Crippen MR) is 93.4 cm³/mol. The third kappa shape index (κ3) is 5.07. The third-order valence-electron chi connectivity index (χ3n) is 5.29. The first-order chi connectivity index (χ1) is 10.8. The van der Waals surface area contributed by atoms with E-state index in [0.29, 0.717) is 6.10 Å². The molecule has 1 aliphatic carbocycles. The molecule has 1 aliphatic heterocycles. The Kier molecular flexibility index (Phi) is 5.85. The fourth-order valence-corrected chi connectivity index (χ4v) is 3.22. The topological polar surface area (TPSA) is 49.8 Å². The van der Waals surface area contributed by atoms with Crippen molar-refractivity contribution in [1.82, 2.24) is 0 Å². The van der Waals surface area contributed by atoms with E-state index >= 15 is 0 Å². The van der Waals surface area contributed by atoms with Crippen molar-refractivity contribution in [3.05, 3.63) is 34.9 Å². The number of fused-ring (bicyclic) bond motifs is 1. The van der Waals surface area contributed by atoms with Crippen LogP contribution < -0.4 is 0 Å². The molecule has 0 aromatic heterocycles. The van der Waals surface area contributed by atoms with Crippen LogP contribution in [0.15, 0.2) is 34.9 Å². The number of carbonyl (C=O) groups is 1. The van der Waals surface area contributed by atoms with Crippen molar-refractivity contribution in [2.24, 2.45) is 5.92 Å². The largest absolute Gasteiger partial charge is 0.481 e.